The molecule has 3 aromatic carbocycles. The summed E-state index contributed by atoms with van der Waals surface area (Å²) in [4.78, 5) is 0. The lowest BCUT2D eigenvalue weighted by Crippen LogP contribution is -3.00. The Morgan fingerprint density at radius 1 is 0.481 bits per heavy atom. The Morgan fingerprint density at radius 3 is 1.15 bits per heavy atom. The summed E-state index contributed by atoms with van der Waals surface area (Å²) in [5, 5.41) is 4.64. The highest BCUT2D eigenvalue weighted by atomic mass is 79.9. The van der Waals surface area contributed by atoms with Gasteiger partial charge in [0.2, 0.25) is 0 Å². The summed E-state index contributed by atoms with van der Waals surface area (Å²) in [5.41, 5.74) is 0.747. The number of halogens is 1. The molecule has 1 fully saturated rings. The van der Waals surface area contributed by atoms with Crippen LogP contribution in [0.3, 0.4) is 0 Å². The van der Waals surface area contributed by atoms with Gasteiger partial charge in [-0.05, 0) is 62.1 Å². The molecule has 140 valence electrons. The van der Waals surface area contributed by atoms with E-state index in [1.165, 1.54) is 38.5 Å². The number of benzene rings is 3. The molecule has 0 heterocycles. The van der Waals surface area contributed by atoms with E-state index in [-0.39, 0.29) is 17.0 Å². The Balaban J connectivity index is 0.00000210. The van der Waals surface area contributed by atoms with E-state index < -0.39 is 7.26 Å². The van der Waals surface area contributed by atoms with Crippen LogP contribution in [0.2, 0.25) is 0 Å². The van der Waals surface area contributed by atoms with Crippen molar-refractivity contribution in [1.29, 1.82) is 0 Å². The summed E-state index contributed by atoms with van der Waals surface area (Å²) in [5.74, 6) is 0. The molecule has 3 aromatic rings. The second kappa shape index (κ2) is 9.67. The second-order valence-corrected chi connectivity index (χ2v) is 11.1. The predicted octanol–water partition coefficient (Wildman–Crippen LogP) is 2.71. The van der Waals surface area contributed by atoms with Crippen molar-refractivity contribution in [2.75, 3.05) is 0 Å². The van der Waals surface area contributed by atoms with Gasteiger partial charge in [-0.25, -0.2) is 0 Å². The first-order chi connectivity index (χ1) is 12.9. The standard InChI is InChI=1S/C25H28P.BrH/c1-2-7-15-22(14-6-1)26(23-16-8-3-9-17-23,24-18-10-4-11-19-24)25-20-12-5-13-21-25;/h3-5,8-13,16-22H,1-2,6-7,14-15H2;1H/q+1;/p-1. The summed E-state index contributed by atoms with van der Waals surface area (Å²) < 4.78 is 0. The van der Waals surface area contributed by atoms with Crippen molar-refractivity contribution in [1.82, 2.24) is 0 Å². The SMILES string of the molecule is [Br-].c1ccc([P+](c2ccccc2)(c2ccccc2)C2CCCCCC2)cc1. The third kappa shape index (κ3) is 4.05. The average Bonchev–Trinajstić information content (AvgIpc) is 3.01. The van der Waals surface area contributed by atoms with Crippen molar-refractivity contribution in [2.45, 2.75) is 44.2 Å². The van der Waals surface area contributed by atoms with Gasteiger partial charge in [0.25, 0.3) is 0 Å². The first-order valence-electron chi connectivity index (χ1n) is 9.98. The fraction of sp³-hybridized carbons (Fsp3) is 0.280. The molecule has 0 saturated heterocycles. The maximum Gasteiger partial charge on any atom is 0.115 e. The van der Waals surface area contributed by atoms with Crippen molar-refractivity contribution in [3.63, 3.8) is 0 Å². The normalized spacial score (nSPS) is 15.6. The fourth-order valence-corrected chi connectivity index (χ4v) is 9.94. The molecule has 2 heteroatoms. The molecule has 0 aromatic heterocycles. The van der Waals surface area contributed by atoms with Crippen molar-refractivity contribution < 1.29 is 17.0 Å². The molecule has 1 saturated carbocycles. The molecular weight excluding hydrogens is 411 g/mol. The molecule has 0 N–H and O–H groups in total. The zero-order valence-electron chi connectivity index (χ0n) is 15.8. The maximum absolute atomic E-state index is 2.39. The Hall–Kier alpha value is -1.43. The molecule has 0 spiro atoms. The van der Waals surface area contributed by atoms with Crippen LogP contribution in [0, 0.1) is 0 Å². The third-order valence-electron chi connectivity index (χ3n) is 5.86. The van der Waals surface area contributed by atoms with E-state index in [2.05, 4.69) is 91.0 Å². The van der Waals surface area contributed by atoms with E-state index in [0.29, 0.717) is 0 Å². The summed E-state index contributed by atoms with van der Waals surface area (Å²) >= 11 is 0. The van der Waals surface area contributed by atoms with Crippen LogP contribution in [0.4, 0.5) is 0 Å². The van der Waals surface area contributed by atoms with Crippen molar-refractivity contribution >= 4 is 23.2 Å². The van der Waals surface area contributed by atoms with Crippen molar-refractivity contribution in [2.24, 2.45) is 0 Å². The van der Waals surface area contributed by atoms with E-state index in [4.69, 9.17) is 0 Å². The van der Waals surface area contributed by atoms with E-state index in [1.807, 2.05) is 0 Å². The second-order valence-electron chi connectivity index (χ2n) is 7.37. The van der Waals surface area contributed by atoms with E-state index in [9.17, 15) is 0 Å². The van der Waals surface area contributed by atoms with E-state index >= 15 is 0 Å². The molecule has 0 unspecified atom stereocenters. The van der Waals surface area contributed by atoms with Crippen molar-refractivity contribution in [3.05, 3.63) is 91.0 Å². The lowest BCUT2D eigenvalue weighted by molar-refractivity contribution is -0.00000509. The molecule has 27 heavy (non-hydrogen) atoms. The highest BCUT2D eigenvalue weighted by molar-refractivity contribution is 7.96. The van der Waals surface area contributed by atoms with Crippen molar-refractivity contribution in [3.8, 4) is 0 Å². The minimum atomic E-state index is -1.66. The highest BCUT2D eigenvalue weighted by Gasteiger charge is 2.51. The van der Waals surface area contributed by atoms with Gasteiger partial charge in [-0.2, -0.15) is 0 Å². The number of hydrogen-bond acceptors (Lipinski definition) is 0. The summed E-state index contributed by atoms with van der Waals surface area (Å²) in [7, 11) is -1.66. The van der Waals surface area contributed by atoms with Gasteiger partial charge >= 0.3 is 0 Å². The summed E-state index contributed by atoms with van der Waals surface area (Å²) in [6, 6.07) is 34.2. The highest BCUT2D eigenvalue weighted by Crippen LogP contribution is 2.62. The first kappa shape index (κ1) is 20.3. The monoisotopic (exact) mass is 438 g/mol. The molecule has 0 bridgehead atoms. The van der Waals surface area contributed by atoms with Gasteiger partial charge in [0.05, 0.1) is 5.66 Å². The Bertz CT molecular complexity index is 697. The molecule has 0 amide bonds. The predicted molar refractivity (Wildman–Crippen MR) is 117 cm³/mol. The zero-order chi connectivity index (χ0) is 17.7. The van der Waals surface area contributed by atoms with Crippen LogP contribution in [-0.2, 0) is 0 Å². The van der Waals surface area contributed by atoms with E-state index in [1.54, 1.807) is 15.9 Å². The lowest BCUT2D eigenvalue weighted by atomic mass is 10.2. The van der Waals surface area contributed by atoms with Gasteiger partial charge in [-0.15, -0.1) is 0 Å². The molecule has 0 aliphatic heterocycles. The van der Waals surface area contributed by atoms with E-state index in [0.717, 1.165) is 5.66 Å². The number of hydrogen-bond donors (Lipinski definition) is 0. The van der Waals surface area contributed by atoms with Crippen LogP contribution in [-0.4, -0.2) is 5.66 Å². The van der Waals surface area contributed by atoms with Gasteiger partial charge in [0.15, 0.2) is 0 Å². The minimum absolute atomic E-state index is 0. The summed E-state index contributed by atoms with van der Waals surface area (Å²) in [6.45, 7) is 0. The molecule has 0 atom stereocenters. The Kier molecular flexibility index (Phi) is 7.27. The lowest BCUT2D eigenvalue weighted by Gasteiger charge is -2.34. The molecular formula is C25H28BrP. The molecule has 1 aliphatic carbocycles. The summed E-state index contributed by atoms with van der Waals surface area (Å²) in [6.07, 6.45) is 8.25. The fourth-order valence-electron chi connectivity index (χ4n) is 4.71. The van der Waals surface area contributed by atoms with Gasteiger partial charge in [-0.1, -0.05) is 67.4 Å². The van der Waals surface area contributed by atoms with Crippen LogP contribution in [0.1, 0.15) is 38.5 Å². The first-order valence-corrected chi connectivity index (χ1v) is 11.8. The topological polar surface area (TPSA) is 0 Å². The quantitative estimate of drug-likeness (QED) is 0.433. The van der Waals surface area contributed by atoms with Gasteiger partial charge in [0.1, 0.15) is 23.2 Å². The maximum atomic E-state index is 2.39. The van der Waals surface area contributed by atoms with Gasteiger partial charge in [-0.3, -0.25) is 0 Å². The van der Waals surface area contributed by atoms with Crippen LogP contribution < -0.4 is 32.9 Å². The van der Waals surface area contributed by atoms with Crippen LogP contribution in [0.25, 0.3) is 0 Å². The molecule has 0 nitrogen and oxygen atoms in total. The zero-order valence-corrected chi connectivity index (χ0v) is 18.3. The van der Waals surface area contributed by atoms with Crippen LogP contribution in [0.15, 0.2) is 91.0 Å². The van der Waals surface area contributed by atoms with Gasteiger partial charge < -0.3 is 17.0 Å². The molecule has 1 aliphatic rings. The molecule has 4 rings (SSSR count). The minimum Gasteiger partial charge on any atom is -1.00 e. The average molecular weight is 439 g/mol. The van der Waals surface area contributed by atoms with Crippen LogP contribution in [0.5, 0.6) is 0 Å². The number of rotatable bonds is 4. The smallest absolute Gasteiger partial charge is 0.115 e. The Labute approximate surface area is 175 Å². The Morgan fingerprint density at radius 2 is 0.815 bits per heavy atom. The third-order valence-corrected chi connectivity index (χ3v) is 10.8. The molecule has 0 radical (unpaired) electrons. The largest absolute Gasteiger partial charge is 1.00 e. The van der Waals surface area contributed by atoms with Gasteiger partial charge in [0, 0.05) is 0 Å². The van der Waals surface area contributed by atoms with Crippen LogP contribution >= 0.6 is 7.26 Å².